The van der Waals surface area contributed by atoms with Crippen molar-refractivity contribution in [2.24, 2.45) is 0 Å². The second-order valence-electron chi connectivity index (χ2n) is 5.76. The van der Waals surface area contributed by atoms with E-state index in [-0.39, 0.29) is 18.1 Å². The van der Waals surface area contributed by atoms with Crippen molar-refractivity contribution in [2.75, 3.05) is 36.4 Å². The summed E-state index contributed by atoms with van der Waals surface area (Å²) in [4.78, 5) is 26.5. The number of benzene rings is 1. The molecule has 2 amide bonds. The van der Waals surface area contributed by atoms with Crippen LogP contribution in [0.25, 0.3) is 0 Å². The lowest BCUT2D eigenvalue weighted by molar-refractivity contribution is -0.118. The average molecular weight is 343 g/mol. The van der Waals surface area contributed by atoms with Crippen molar-refractivity contribution in [1.29, 1.82) is 0 Å². The van der Waals surface area contributed by atoms with Crippen molar-refractivity contribution in [3.8, 4) is 0 Å². The number of aromatic nitrogens is 2. The molecule has 1 aliphatic heterocycles. The number of halogens is 1. The summed E-state index contributed by atoms with van der Waals surface area (Å²) in [5.74, 6) is 0.390. The smallest absolute Gasteiger partial charge is 0.229 e. The minimum atomic E-state index is -0.371. The fourth-order valence-corrected chi connectivity index (χ4v) is 2.64. The van der Waals surface area contributed by atoms with Gasteiger partial charge in [-0.25, -0.2) is 4.39 Å². The number of carbonyl (C=O) groups excluding carboxylic acids is 2. The molecular weight excluding hydrogens is 325 g/mol. The van der Waals surface area contributed by atoms with Gasteiger partial charge in [0.15, 0.2) is 11.6 Å². The zero-order chi connectivity index (χ0) is 17.6. The van der Waals surface area contributed by atoms with Crippen LogP contribution in [0.4, 0.5) is 16.0 Å². The van der Waals surface area contributed by atoms with Crippen molar-refractivity contribution in [3.05, 3.63) is 47.8 Å². The Morgan fingerprint density at radius 3 is 2.60 bits per heavy atom. The van der Waals surface area contributed by atoms with Gasteiger partial charge in [0.25, 0.3) is 0 Å². The molecule has 3 rings (SSSR count). The predicted molar refractivity (Wildman–Crippen MR) is 90.6 cm³/mol. The van der Waals surface area contributed by atoms with Crippen molar-refractivity contribution >= 4 is 24.0 Å². The van der Waals surface area contributed by atoms with E-state index in [1.807, 2.05) is 4.90 Å². The Kier molecular flexibility index (Phi) is 5.17. The van der Waals surface area contributed by atoms with Gasteiger partial charge in [0.2, 0.25) is 12.3 Å². The number of nitrogens with zero attached hydrogens (tertiary/aromatic N) is 4. The van der Waals surface area contributed by atoms with E-state index in [1.165, 1.54) is 12.1 Å². The lowest BCUT2D eigenvalue weighted by Gasteiger charge is -2.32. The molecule has 0 radical (unpaired) electrons. The maximum Gasteiger partial charge on any atom is 0.229 e. The molecule has 1 aliphatic rings. The SMILES string of the molecule is O=CN1CCN(c2ccc(NC(=O)Cc3cccc(F)c3)nn2)CC1. The molecule has 2 aromatic rings. The fraction of sp³-hybridized carbons (Fsp3) is 0.294. The first-order valence-corrected chi connectivity index (χ1v) is 7.96. The second-order valence-corrected chi connectivity index (χ2v) is 5.76. The summed E-state index contributed by atoms with van der Waals surface area (Å²) in [5, 5.41) is 10.8. The number of hydrogen-bond acceptors (Lipinski definition) is 5. The third-order valence-electron chi connectivity index (χ3n) is 3.96. The molecule has 1 fully saturated rings. The van der Waals surface area contributed by atoms with E-state index in [2.05, 4.69) is 15.5 Å². The van der Waals surface area contributed by atoms with Gasteiger partial charge in [-0.3, -0.25) is 9.59 Å². The first-order valence-electron chi connectivity index (χ1n) is 7.96. The highest BCUT2D eigenvalue weighted by Crippen LogP contribution is 2.14. The summed E-state index contributed by atoms with van der Waals surface area (Å²) in [6, 6.07) is 9.38. The highest BCUT2D eigenvalue weighted by molar-refractivity contribution is 5.91. The highest BCUT2D eigenvalue weighted by Gasteiger charge is 2.17. The molecule has 2 heterocycles. The number of amides is 2. The Morgan fingerprint density at radius 1 is 1.16 bits per heavy atom. The molecule has 1 saturated heterocycles. The van der Waals surface area contributed by atoms with Gasteiger partial charge < -0.3 is 15.1 Å². The summed E-state index contributed by atoms with van der Waals surface area (Å²) in [7, 11) is 0. The number of rotatable bonds is 5. The molecular formula is C17H18FN5O2. The summed E-state index contributed by atoms with van der Waals surface area (Å²) in [6.07, 6.45) is 0.912. The van der Waals surface area contributed by atoms with E-state index in [4.69, 9.17) is 0 Å². The van der Waals surface area contributed by atoms with Crippen LogP contribution in [0.3, 0.4) is 0 Å². The quantitative estimate of drug-likeness (QED) is 0.822. The largest absolute Gasteiger partial charge is 0.352 e. The lowest BCUT2D eigenvalue weighted by Crippen LogP contribution is -2.46. The van der Waals surface area contributed by atoms with Crippen LogP contribution in [-0.2, 0) is 16.0 Å². The Balaban J connectivity index is 1.55. The first-order chi connectivity index (χ1) is 12.1. The minimum absolute atomic E-state index is 0.0643. The molecule has 0 unspecified atom stereocenters. The van der Waals surface area contributed by atoms with Gasteiger partial charge in [-0.15, -0.1) is 10.2 Å². The number of carbonyl (C=O) groups is 2. The van der Waals surface area contributed by atoms with Crippen molar-refractivity contribution in [2.45, 2.75) is 6.42 Å². The van der Waals surface area contributed by atoms with Gasteiger partial charge >= 0.3 is 0 Å². The molecule has 0 saturated carbocycles. The standard InChI is InChI=1S/C17H18FN5O2/c18-14-3-1-2-13(10-14)11-17(25)19-15-4-5-16(21-20-15)23-8-6-22(12-24)7-9-23/h1-5,10,12H,6-9,11H2,(H,19,20,25). The van der Waals surface area contributed by atoms with Crippen LogP contribution >= 0.6 is 0 Å². The monoisotopic (exact) mass is 343 g/mol. The van der Waals surface area contributed by atoms with Crippen LogP contribution in [0, 0.1) is 5.82 Å². The molecule has 0 aliphatic carbocycles. The minimum Gasteiger partial charge on any atom is -0.352 e. The van der Waals surface area contributed by atoms with E-state index in [0.29, 0.717) is 43.4 Å². The summed E-state index contributed by atoms with van der Waals surface area (Å²) in [6.45, 7) is 2.69. The molecule has 0 spiro atoms. The van der Waals surface area contributed by atoms with Crippen LogP contribution in [0.2, 0.25) is 0 Å². The average Bonchev–Trinajstić information content (AvgIpc) is 2.62. The van der Waals surface area contributed by atoms with E-state index in [1.54, 1.807) is 29.2 Å². The molecule has 1 N–H and O–H groups in total. The van der Waals surface area contributed by atoms with Gasteiger partial charge in [0.05, 0.1) is 6.42 Å². The van der Waals surface area contributed by atoms with Crippen LogP contribution < -0.4 is 10.2 Å². The summed E-state index contributed by atoms with van der Waals surface area (Å²) in [5.41, 5.74) is 0.593. The van der Waals surface area contributed by atoms with Gasteiger partial charge in [-0.05, 0) is 29.8 Å². The van der Waals surface area contributed by atoms with Crippen molar-refractivity contribution in [1.82, 2.24) is 15.1 Å². The first kappa shape index (κ1) is 16.8. The third kappa shape index (κ3) is 4.50. The maximum absolute atomic E-state index is 13.1. The van der Waals surface area contributed by atoms with Crippen LogP contribution in [-0.4, -0.2) is 53.6 Å². The highest BCUT2D eigenvalue weighted by atomic mass is 19.1. The van der Waals surface area contributed by atoms with Crippen LogP contribution in [0.15, 0.2) is 36.4 Å². The second kappa shape index (κ2) is 7.69. The van der Waals surface area contributed by atoms with E-state index < -0.39 is 0 Å². The fourth-order valence-electron chi connectivity index (χ4n) is 2.64. The Labute approximate surface area is 144 Å². The Bertz CT molecular complexity index is 745. The predicted octanol–water partition coefficient (Wildman–Crippen LogP) is 1.08. The number of hydrogen-bond donors (Lipinski definition) is 1. The van der Waals surface area contributed by atoms with Crippen LogP contribution in [0.5, 0.6) is 0 Å². The zero-order valence-electron chi connectivity index (χ0n) is 13.6. The lowest BCUT2D eigenvalue weighted by atomic mass is 10.1. The molecule has 130 valence electrons. The van der Waals surface area contributed by atoms with Gasteiger partial charge in [0.1, 0.15) is 5.82 Å². The number of piperazine rings is 1. The van der Waals surface area contributed by atoms with Gasteiger partial charge in [-0.1, -0.05) is 12.1 Å². The van der Waals surface area contributed by atoms with Crippen molar-refractivity contribution < 1.29 is 14.0 Å². The van der Waals surface area contributed by atoms with Crippen LogP contribution in [0.1, 0.15) is 5.56 Å². The zero-order valence-corrected chi connectivity index (χ0v) is 13.6. The normalized spacial score (nSPS) is 14.3. The molecule has 1 aromatic carbocycles. The topological polar surface area (TPSA) is 78.4 Å². The van der Waals surface area contributed by atoms with E-state index in [0.717, 1.165) is 6.41 Å². The van der Waals surface area contributed by atoms with Gasteiger partial charge in [0, 0.05) is 26.2 Å². The molecule has 1 aromatic heterocycles. The Hall–Kier alpha value is -3.03. The molecule has 0 atom stereocenters. The summed E-state index contributed by atoms with van der Waals surface area (Å²) >= 11 is 0. The molecule has 25 heavy (non-hydrogen) atoms. The third-order valence-corrected chi connectivity index (χ3v) is 3.96. The molecule has 0 bridgehead atoms. The van der Waals surface area contributed by atoms with Gasteiger partial charge in [-0.2, -0.15) is 0 Å². The number of anilines is 2. The molecule has 7 nitrogen and oxygen atoms in total. The Morgan fingerprint density at radius 2 is 1.96 bits per heavy atom. The number of nitrogens with one attached hydrogen (secondary N) is 1. The molecule has 8 heteroatoms. The van der Waals surface area contributed by atoms with E-state index in [9.17, 15) is 14.0 Å². The van der Waals surface area contributed by atoms with E-state index >= 15 is 0 Å². The maximum atomic E-state index is 13.1. The van der Waals surface area contributed by atoms with Crippen molar-refractivity contribution in [3.63, 3.8) is 0 Å². The summed E-state index contributed by atoms with van der Waals surface area (Å²) < 4.78 is 13.1.